The van der Waals surface area contributed by atoms with Crippen LogP contribution in [0.15, 0.2) is 35.4 Å². The first-order valence-electron chi connectivity index (χ1n) is 4.91. The zero-order valence-corrected chi connectivity index (χ0v) is 10.3. The van der Waals surface area contributed by atoms with Gasteiger partial charge < -0.3 is 5.32 Å². The van der Waals surface area contributed by atoms with Crippen LogP contribution >= 0.6 is 23.2 Å². The maximum absolute atomic E-state index is 5.66. The van der Waals surface area contributed by atoms with Crippen molar-refractivity contribution in [1.29, 1.82) is 0 Å². The molecule has 0 aliphatic rings. The average molecular weight is 244 g/mol. The van der Waals surface area contributed by atoms with Crippen LogP contribution in [0.3, 0.4) is 0 Å². The lowest BCUT2D eigenvalue weighted by Gasteiger charge is -2.06. The molecular formula is C12H15Cl2N. The Balaban J connectivity index is 2.49. The first-order valence-corrected chi connectivity index (χ1v) is 5.88. The molecule has 1 aromatic rings. The molecule has 0 fully saturated rings. The topological polar surface area (TPSA) is 12.0 Å². The first-order chi connectivity index (χ1) is 7.26. The molecule has 0 aromatic heterocycles. The minimum Gasteiger partial charge on any atom is -0.381 e. The summed E-state index contributed by atoms with van der Waals surface area (Å²) in [5, 5.41) is 3.28. The van der Waals surface area contributed by atoms with Crippen molar-refractivity contribution >= 4 is 28.9 Å². The summed E-state index contributed by atoms with van der Waals surface area (Å²) in [4.78, 5) is 0. The summed E-state index contributed by atoms with van der Waals surface area (Å²) in [7, 11) is 0. The molecule has 0 saturated heterocycles. The Morgan fingerprint density at radius 2 is 2.00 bits per heavy atom. The summed E-state index contributed by atoms with van der Waals surface area (Å²) in [5.41, 5.74) is 5.07. The van der Waals surface area contributed by atoms with Gasteiger partial charge in [-0.15, -0.1) is 11.6 Å². The fraction of sp³-hybridized carbons (Fsp3) is 0.333. The Labute approximate surface area is 101 Å². The maximum Gasteiger partial charge on any atom is 0.0369 e. The van der Waals surface area contributed by atoms with Gasteiger partial charge in [0.1, 0.15) is 0 Å². The molecule has 82 valence electrons. The molecule has 0 atom stereocenters. The minimum atomic E-state index is 0.668. The van der Waals surface area contributed by atoms with E-state index in [4.69, 9.17) is 23.2 Å². The number of hydrogen-bond acceptors (Lipinski definition) is 1. The van der Waals surface area contributed by atoms with Crippen molar-refractivity contribution in [3.05, 3.63) is 40.9 Å². The number of nitrogens with one attached hydrogen (secondary N) is 1. The van der Waals surface area contributed by atoms with E-state index in [0.717, 1.165) is 24.2 Å². The van der Waals surface area contributed by atoms with Gasteiger partial charge in [-0.05, 0) is 36.6 Å². The van der Waals surface area contributed by atoms with E-state index < -0.39 is 0 Å². The highest BCUT2D eigenvalue weighted by Gasteiger charge is 1.94. The van der Waals surface area contributed by atoms with Gasteiger partial charge in [0.15, 0.2) is 0 Å². The number of alkyl halides is 1. The highest BCUT2D eigenvalue weighted by molar-refractivity contribution is 6.25. The van der Waals surface area contributed by atoms with Gasteiger partial charge in [-0.1, -0.05) is 23.7 Å². The molecule has 0 heterocycles. The van der Waals surface area contributed by atoms with E-state index in [1.54, 1.807) is 5.54 Å². The van der Waals surface area contributed by atoms with Gasteiger partial charge in [-0.2, -0.15) is 0 Å². The SMILES string of the molecule is C/C(=C/Cl)CNc1ccc(CCCl)cc1. The molecule has 15 heavy (non-hydrogen) atoms. The molecule has 1 N–H and O–H groups in total. The van der Waals surface area contributed by atoms with Crippen LogP contribution in [0.1, 0.15) is 12.5 Å². The number of halogens is 2. The van der Waals surface area contributed by atoms with Crippen molar-refractivity contribution in [3.63, 3.8) is 0 Å². The Bertz CT molecular complexity index is 317. The van der Waals surface area contributed by atoms with E-state index in [2.05, 4.69) is 29.6 Å². The van der Waals surface area contributed by atoms with Crippen LogP contribution in [-0.4, -0.2) is 12.4 Å². The van der Waals surface area contributed by atoms with Crippen LogP contribution < -0.4 is 5.32 Å². The van der Waals surface area contributed by atoms with E-state index in [9.17, 15) is 0 Å². The smallest absolute Gasteiger partial charge is 0.0369 e. The molecule has 3 heteroatoms. The van der Waals surface area contributed by atoms with Crippen LogP contribution in [-0.2, 0) is 6.42 Å². The molecule has 0 spiro atoms. The molecule has 0 saturated carbocycles. The second-order valence-corrected chi connectivity index (χ2v) is 4.04. The Morgan fingerprint density at radius 1 is 1.33 bits per heavy atom. The van der Waals surface area contributed by atoms with E-state index in [-0.39, 0.29) is 0 Å². The molecule has 1 aromatic carbocycles. The number of aryl methyl sites for hydroxylation is 1. The molecule has 0 radical (unpaired) electrons. The molecule has 0 bridgehead atoms. The summed E-state index contributed by atoms with van der Waals surface area (Å²) in [6, 6.07) is 8.29. The highest BCUT2D eigenvalue weighted by Crippen LogP contribution is 2.11. The highest BCUT2D eigenvalue weighted by atomic mass is 35.5. The zero-order chi connectivity index (χ0) is 11.1. The molecule has 0 amide bonds. The Hall–Kier alpha value is -0.660. The lowest BCUT2D eigenvalue weighted by Crippen LogP contribution is -2.02. The van der Waals surface area contributed by atoms with Gasteiger partial charge in [0.05, 0.1) is 0 Å². The summed E-state index contributed by atoms with van der Waals surface area (Å²) in [6.45, 7) is 2.76. The number of rotatable bonds is 5. The fourth-order valence-electron chi connectivity index (χ4n) is 1.18. The van der Waals surface area contributed by atoms with Crippen molar-refractivity contribution in [2.75, 3.05) is 17.7 Å². The van der Waals surface area contributed by atoms with Gasteiger partial charge in [0, 0.05) is 23.6 Å². The second kappa shape index (κ2) is 6.76. The average Bonchev–Trinajstić information content (AvgIpc) is 2.28. The summed E-state index contributed by atoms with van der Waals surface area (Å²) < 4.78 is 0. The third-order valence-electron chi connectivity index (χ3n) is 2.09. The lowest BCUT2D eigenvalue weighted by atomic mass is 10.1. The summed E-state index contributed by atoms with van der Waals surface area (Å²) in [6.07, 6.45) is 0.919. The number of hydrogen-bond donors (Lipinski definition) is 1. The fourth-order valence-corrected chi connectivity index (χ4v) is 1.47. The molecule has 0 aliphatic heterocycles. The van der Waals surface area contributed by atoms with Crippen LogP contribution in [0.25, 0.3) is 0 Å². The van der Waals surface area contributed by atoms with E-state index in [0.29, 0.717) is 5.88 Å². The largest absolute Gasteiger partial charge is 0.381 e. The second-order valence-electron chi connectivity index (χ2n) is 3.44. The standard InChI is InChI=1S/C12H15Cl2N/c1-10(8-14)9-15-12-4-2-11(3-5-12)6-7-13/h2-5,8,15H,6-7,9H2,1H3/b10-8-. The third-order valence-corrected chi connectivity index (χ3v) is 2.66. The monoisotopic (exact) mass is 243 g/mol. The van der Waals surface area contributed by atoms with Crippen molar-refractivity contribution in [1.82, 2.24) is 0 Å². The third kappa shape index (κ3) is 4.59. The Kier molecular flexibility index (Phi) is 5.59. The molecule has 1 nitrogen and oxygen atoms in total. The number of benzene rings is 1. The van der Waals surface area contributed by atoms with Crippen molar-refractivity contribution < 1.29 is 0 Å². The Morgan fingerprint density at radius 3 is 2.53 bits per heavy atom. The first kappa shape index (κ1) is 12.4. The summed E-state index contributed by atoms with van der Waals surface area (Å²) >= 11 is 11.2. The van der Waals surface area contributed by atoms with Gasteiger partial charge in [-0.25, -0.2) is 0 Å². The lowest BCUT2D eigenvalue weighted by molar-refractivity contribution is 1.14. The van der Waals surface area contributed by atoms with E-state index in [1.807, 2.05) is 6.92 Å². The van der Waals surface area contributed by atoms with Crippen LogP contribution in [0.5, 0.6) is 0 Å². The zero-order valence-electron chi connectivity index (χ0n) is 8.76. The van der Waals surface area contributed by atoms with Gasteiger partial charge in [0.25, 0.3) is 0 Å². The van der Waals surface area contributed by atoms with Crippen LogP contribution in [0.2, 0.25) is 0 Å². The van der Waals surface area contributed by atoms with Crippen LogP contribution in [0.4, 0.5) is 5.69 Å². The predicted molar refractivity (Wildman–Crippen MR) is 69.0 cm³/mol. The van der Waals surface area contributed by atoms with Crippen molar-refractivity contribution in [2.24, 2.45) is 0 Å². The normalized spacial score (nSPS) is 11.5. The van der Waals surface area contributed by atoms with Crippen molar-refractivity contribution in [3.8, 4) is 0 Å². The quantitative estimate of drug-likeness (QED) is 0.771. The van der Waals surface area contributed by atoms with E-state index >= 15 is 0 Å². The van der Waals surface area contributed by atoms with Gasteiger partial charge in [0.2, 0.25) is 0 Å². The molecular weight excluding hydrogens is 229 g/mol. The van der Waals surface area contributed by atoms with Gasteiger partial charge in [-0.3, -0.25) is 0 Å². The maximum atomic E-state index is 5.66. The van der Waals surface area contributed by atoms with Crippen LogP contribution in [0, 0.1) is 0 Å². The van der Waals surface area contributed by atoms with E-state index in [1.165, 1.54) is 5.56 Å². The number of anilines is 1. The molecule has 0 aliphatic carbocycles. The van der Waals surface area contributed by atoms with Gasteiger partial charge >= 0.3 is 0 Å². The predicted octanol–water partition coefficient (Wildman–Crippen LogP) is 4.02. The van der Waals surface area contributed by atoms with Crippen molar-refractivity contribution in [2.45, 2.75) is 13.3 Å². The minimum absolute atomic E-state index is 0.668. The molecule has 1 rings (SSSR count). The molecule has 0 unspecified atom stereocenters. The summed E-state index contributed by atoms with van der Waals surface area (Å²) in [5.74, 6) is 0.668.